The van der Waals surface area contributed by atoms with Gasteiger partial charge in [0.25, 0.3) is 0 Å². The van der Waals surface area contributed by atoms with E-state index in [9.17, 15) is 8.42 Å². The highest BCUT2D eigenvalue weighted by molar-refractivity contribution is 7.95. The fourth-order valence-electron chi connectivity index (χ4n) is 7.74. The number of hydrogen-bond acceptors (Lipinski definition) is 11. The van der Waals surface area contributed by atoms with E-state index < -0.39 is 15.8 Å². The average molecular weight is 704 g/mol. The van der Waals surface area contributed by atoms with Crippen molar-refractivity contribution >= 4 is 42.7 Å². The van der Waals surface area contributed by atoms with Gasteiger partial charge in [0.2, 0.25) is 11.8 Å². The van der Waals surface area contributed by atoms with Crippen LogP contribution in [0.4, 0.5) is 5.82 Å². The van der Waals surface area contributed by atoms with Gasteiger partial charge in [-0.1, -0.05) is 26.0 Å². The Kier molecular flexibility index (Phi) is 9.56. The second-order valence-electron chi connectivity index (χ2n) is 13.8. The highest BCUT2D eigenvalue weighted by atomic mass is 32.2. The van der Waals surface area contributed by atoms with Gasteiger partial charge in [-0.2, -0.15) is 0 Å². The number of pyridine rings is 1. The molecule has 4 aliphatic rings. The summed E-state index contributed by atoms with van der Waals surface area (Å²) in [5, 5.41) is 13.1. The monoisotopic (exact) mass is 703 g/mol. The van der Waals surface area contributed by atoms with Crippen LogP contribution in [0.5, 0.6) is 5.75 Å². The molecule has 0 radical (unpaired) electrons. The Balaban J connectivity index is 0.000000290. The Bertz CT molecular complexity index is 2020. The predicted octanol–water partition coefficient (Wildman–Crippen LogP) is 6.97. The van der Waals surface area contributed by atoms with Gasteiger partial charge in [0, 0.05) is 54.1 Å². The second kappa shape index (κ2) is 13.9. The van der Waals surface area contributed by atoms with Crippen LogP contribution in [0.1, 0.15) is 79.7 Å². The summed E-state index contributed by atoms with van der Waals surface area (Å²) in [6.45, 7) is 7.49. The summed E-state index contributed by atoms with van der Waals surface area (Å²) >= 11 is 1.49. The number of benzene rings is 1. The van der Waals surface area contributed by atoms with Crippen molar-refractivity contribution in [3.8, 4) is 5.75 Å². The van der Waals surface area contributed by atoms with E-state index in [4.69, 9.17) is 19.6 Å². The summed E-state index contributed by atoms with van der Waals surface area (Å²) in [5.74, 6) is 2.46. The van der Waals surface area contributed by atoms with Crippen LogP contribution in [0.15, 0.2) is 57.2 Å². The molecule has 2 atom stereocenters. The van der Waals surface area contributed by atoms with E-state index >= 15 is 0 Å². The number of nitrogens with two attached hydrogens (primary N) is 1. The molecule has 3 N–H and O–H groups in total. The Morgan fingerprint density at radius 1 is 1.14 bits per heavy atom. The number of dihydropyridines is 1. The van der Waals surface area contributed by atoms with Gasteiger partial charge in [-0.3, -0.25) is 0 Å². The standard InChI is InChI=1S/C27H33N5O4S2.C10H12O/c1-14(2)18-13-38(33,34)25-22(20-12-17-6-9-29-26(28)24(17)37-20)21(27-32-31-15(3)36-27)19(30-23(18)25)5-4-16-7-10-35-11-8-16;1-11-10-7-3-5-8-4-2-6-9(8)10/h6,9,12,14,16,18,22,30H,4-5,7-8,10-11,13H2,1-3H3,(H2,28,29);3,5,7H,2,4,6H2,1H3. The fourth-order valence-corrected chi connectivity index (χ4v) is 11.3. The Hall–Kier alpha value is -3.74. The zero-order chi connectivity index (χ0) is 34.3. The first kappa shape index (κ1) is 33.7. The summed E-state index contributed by atoms with van der Waals surface area (Å²) in [6, 6.07) is 10.3. The van der Waals surface area contributed by atoms with Crippen LogP contribution < -0.4 is 15.8 Å². The van der Waals surface area contributed by atoms with Crippen molar-refractivity contribution in [3.05, 3.63) is 80.6 Å². The summed E-state index contributed by atoms with van der Waals surface area (Å²) in [6.07, 6.45) is 9.19. The lowest BCUT2D eigenvalue weighted by atomic mass is 9.83. The zero-order valence-corrected chi connectivity index (χ0v) is 30.3. The minimum atomic E-state index is -3.54. The molecule has 1 aromatic carbocycles. The molecule has 3 aromatic heterocycles. The van der Waals surface area contributed by atoms with Gasteiger partial charge >= 0.3 is 0 Å². The van der Waals surface area contributed by atoms with Gasteiger partial charge in [0.1, 0.15) is 11.6 Å². The number of fused-ring (bicyclic) bond motifs is 2. The van der Waals surface area contributed by atoms with Crippen molar-refractivity contribution in [3.63, 3.8) is 0 Å². The predicted molar refractivity (Wildman–Crippen MR) is 193 cm³/mol. The van der Waals surface area contributed by atoms with Crippen LogP contribution in [0.25, 0.3) is 15.7 Å². The first-order chi connectivity index (χ1) is 23.6. The number of hydrogen-bond donors (Lipinski definition) is 2. The van der Waals surface area contributed by atoms with E-state index in [2.05, 4.69) is 46.5 Å². The molecule has 4 aromatic rings. The molecule has 6 heterocycles. The zero-order valence-electron chi connectivity index (χ0n) is 28.6. The molecule has 8 rings (SSSR count). The maximum Gasteiger partial charge on any atom is 0.246 e. The average Bonchev–Trinajstić information content (AvgIpc) is 3.89. The smallest absolute Gasteiger partial charge is 0.246 e. The van der Waals surface area contributed by atoms with Crippen LogP contribution in [-0.2, 0) is 27.4 Å². The topological polar surface area (TPSA) is 142 Å². The number of aryl methyl sites for hydroxylation is 2. The molecule has 0 spiro atoms. The molecule has 0 saturated carbocycles. The molecule has 0 amide bonds. The van der Waals surface area contributed by atoms with Crippen LogP contribution in [0.2, 0.25) is 0 Å². The fraction of sp³-hybridized carbons (Fsp3) is 0.486. The van der Waals surface area contributed by atoms with Crippen molar-refractivity contribution in [2.45, 2.75) is 71.6 Å². The first-order valence-electron chi connectivity index (χ1n) is 17.3. The highest BCUT2D eigenvalue weighted by Gasteiger charge is 2.49. The van der Waals surface area contributed by atoms with Crippen molar-refractivity contribution < 1.29 is 22.3 Å². The SMILES string of the molecule is COc1cccc2c1CCC2.Cc1nnc(C2=C(CCC3CCOCC3)NC3=C(C2c2cc4ccnc(N)c4s2)S(=O)(=O)CC3C(C)C)o1. The maximum absolute atomic E-state index is 13.8. The number of sulfone groups is 1. The summed E-state index contributed by atoms with van der Waals surface area (Å²) in [4.78, 5) is 5.57. The number of nitrogens with one attached hydrogen (secondary N) is 1. The van der Waals surface area contributed by atoms with Crippen LogP contribution >= 0.6 is 11.3 Å². The number of aromatic nitrogens is 3. The molecular weight excluding hydrogens is 659 g/mol. The summed E-state index contributed by atoms with van der Waals surface area (Å²) in [7, 11) is -1.80. The third-order valence-corrected chi connectivity index (χ3v) is 13.5. The van der Waals surface area contributed by atoms with Crippen molar-refractivity contribution in [1.82, 2.24) is 20.5 Å². The van der Waals surface area contributed by atoms with Crippen molar-refractivity contribution in [1.29, 1.82) is 0 Å². The molecule has 2 unspecified atom stereocenters. The third-order valence-electron chi connectivity index (χ3n) is 10.3. The van der Waals surface area contributed by atoms with Crippen LogP contribution in [-0.4, -0.2) is 49.7 Å². The van der Waals surface area contributed by atoms with Crippen LogP contribution in [0, 0.1) is 24.7 Å². The van der Waals surface area contributed by atoms with E-state index in [1.54, 1.807) is 20.2 Å². The number of nitrogen functional groups attached to an aromatic ring is 1. The number of ether oxygens (including phenoxy) is 2. The van der Waals surface area contributed by atoms with Crippen molar-refractivity contribution in [2.24, 2.45) is 17.8 Å². The number of methoxy groups -OCH3 is 1. The molecule has 12 heteroatoms. The van der Waals surface area contributed by atoms with E-state index in [1.165, 1.54) is 41.7 Å². The molecule has 1 saturated heterocycles. The second-order valence-corrected chi connectivity index (χ2v) is 16.9. The molecule has 49 heavy (non-hydrogen) atoms. The molecule has 260 valence electrons. The lowest BCUT2D eigenvalue weighted by molar-refractivity contribution is 0.0639. The lowest BCUT2D eigenvalue weighted by Crippen LogP contribution is -2.29. The number of thiophene rings is 1. The number of nitrogens with zero attached hydrogens (tertiary/aromatic N) is 3. The van der Waals surface area contributed by atoms with E-state index in [-0.39, 0.29) is 17.6 Å². The number of rotatable bonds is 7. The van der Waals surface area contributed by atoms with E-state index in [0.717, 1.165) is 76.6 Å². The minimum absolute atomic E-state index is 0.0941. The number of allylic oxidation sites excluding steroid dienone is 4. The first-order valence-corrected chi connectivity index (χ1v) is 19.7. The maximum atomic E-state index is 13.8. The van der Waals surface area contributed by atoms with Crippen molar-refractivity contribution in [2.75, 3.05) is 31.8 Å². The summed E-state index contributed by atoms with van der Waals surface area (Å²) in [5.41, 5.74) is 11.7. The number of anilines is 1. The minimum Gasteiger partial charge on any atom is -0.496 e. The van der Waals surface area contributed by atoms with E-state index in [1.807, 2.05) is 18.2 Å². The van der Waals surface area contributed by atoms with E-state index in [0.29, 0.717) is 28.4 Å². The van der Waals surface area contributed by atoms with Gasteiger partial charge in [0.15, 0.2) is 9.84 Å². The molecule has 3 aliphatic heterocycles. The van der Waals surface area contributed by atoms with Gasteiger partial charge < -0.3 is 24.9 Å². The lowest BCUT2D eigenvalue weighted by Gasteiger charge is -2.32. The Labute approximate surface area is 292 Å². The van der Waals surface area contributed by atoms with Gasteiger partial charge in [-0.15, -0.1) is 21.5 Å². The van der Waals surface area contributed by atoms with Gasteiger partial charge in [-0.25, -0.2) is 13.4 Å². The largest absolute Gasteiger partial charge is 0.496 e. The molecule has 0 bridgehead atoms. The Morgan fingerprint density at radius 3 is 2.67 bits per heavy atom. The third kappa shape index (κ3) is 6.62. The highest BCUT2D eigenvalue weighted by Crippen LogP contribution is 2.53. The normalized spacial score (nSPS) is 21.8. The molecule has 1 fully saturated rings. The molecule has 10 nitrogen and oxygen atoms in total. The van der Waals surface area contributed by atoms with Gasteiger partial charge in [0.05, 0.1) is 28.4 Å². The summed E-state index contributed by atoms with van der Waals surface area (Å²) < 4.78 is 45.3. The van der Waals surface area contributed by atoms with Crippen LogP contribution in [0.3, 0.4) is 0 Å². The quantitative estimate of drug-likeness (QED) is 0.207. The molecule has 1 aliphatic carbocycles. The molecular formula is C37H45N5O5S2. The Morgan fingerprint density at radius 2 is 1.96 bits per heavy atom. The van der Waals surface area contributed by atoms with Gasteiger partial charge in [-0.05, 0) is 91.5 Å².